The zero-order valence-corrected chi connectivity index (χ0v) is 15.4. The van der Waals surface area contributed by atoms with Gasteiger partial charge in [-0.3, -0.25) is 9.69 Å². The van der Waals surface area contributed by atoms with E-state index in [1.54, 1.807) is 36.4 Å². The Morgan fingerprint density at radius 3 is 2.46 bits per heavy atom. The second-order valence-corrected chi connectivity index (χ2v) is 7.42. The summed E-state index contributed by atoms with van der Waals surface area (Å²) < 4.78 is 0.500. The summed E-state index contributed by atoms with van der Waals surface area (Å²) in [6, 6.07) is 14.5. The highest BCUT2D eigenvalue weighted by molar-refractivity contribution is 8.27. The Labute approximate surface area is 159 Å². The molecule has 1 aliphatic rings. The minimum absolute atomic E-state index is 0.142. The normalized spacial score (nSPS) is 16.6. The Morgan fingerprint density at radius 2 is 1.75 bits per heavy atom. The van der Waals surface area contributed by atoms with Crippen molar-refractivity contribution in [3.8, 4) is 0 Å². The van der Waals surface area contributed by atoms with E-state index in [9.17, 15) is 4.79 Å². The van der Waals surface area contributed by atoms with E-state index < -0.39 is 0 Å². The largest absolute Gasteiger partial charge is 0.270 e. The van der Waals surface area contributed by atoms with Crippen molar-refractivity contribution in [1.29, 1.82) is 0 Å². The van der Waals surface area contributed by atoms with E-state index in [0.717, 1.165) is 5.56 Å². The molecular weight excluding hydrogens is 381 g/mol. The molecule has 6 heteroatoms. The lowest BCUT2D eigenvalue weighted by atomic mass is 10.2. The molecule has 24 heavy (non-hydrogen) atoms. The summed E-state index contributed by atoms with van der Waals surface area (Å²) in [7, 11) is 0. The molecular formula is C18H11Cl2NOS2. The summed E-state index contributed by atoms with van der Waals surface area (Å²) >= 11 is 18.6. The van der Waals surface area contributed by atoms with E-state index in [1.807, 2.05) is 30.3 Å². The molecule has 1 aliphatic heterocycles. The van der Waals surface area contributed by atoms with Crippen molar-refractivity contribution < 1.29 is 4.79 Å². The van der Waals surface area contributed by atoms with Crippen LogP contribution >= 0.6 is 47.2 Å². The molecule has 120 valence electrons. The van der Waals surface area contributed by atoms with Crippen molar-refractivity contribution in [3.63, 3.8) is 0 Å². The Balaban J connectivity index is 1.81. The van der Waals surface area contributed by atoms with Crippen LogP contribution < -0.4 is 4.90 Å². The third-order valence-corrected chi connectivity index (χ3v) is 5.22. The van der Waals surface area contributed by atoms with Gasteiger partial charge in [0.2, 0.25) is 0 Å². The standard InChI is InChI=1S/C18H11Cl2NOS2/c19-13-8-10-14(11-9-13)21-17(22)16(24-18(21)23)7-3-5-12-4-1-2-6-15(12)20/h1-11H. The number of halogens is 2. The van der Waals surface area contributed by atoms with Crippen LogP contribution in [0.2, 0.25) is 10.0 Å². The molecule has 3 rings (SSSR count). The number of thiocarbonyl (C=S) groups is 1. The van der Waals surface area contributed by atoms with Gasteiger partial charge in [-0.1, -0.05) is 77.5 Å². The minimum atomic E-state index is -0.142. The SMILES string of the molecule is O=C1C(=CC=Cc2ccccc2Cl)SC(=S)N1c1ccc(Cl)cc1. The summed E-state index contributed by atoms with van der Waals surface area (Å²) in [5.41, 5.74) is 1.60. The highest BCUT2D eigenvalue weighted by Crippen LogP contribution is 2.35. The molecule has 0 unspecified atom stereocenters. The predicted octanol–water partition coefficient (Wildman–Crippen LogP) is 5.96. The van der Waals surface area contributed by atoms with Gasteiger partial charge < -0.3 is 0 Å². The van der Waals surface area contributed by atoms with Gasteiger partial charge >= 0.3 is 0 Å². The topological polar surface area (TPSA) is 20.3 Å². The van der Waals surface area contributed by atoms with Crippen LogP contribution in [0.5, 0.6) is 0 Å². The zero-order valence-electron chi connectivity index (χ0n) is 12.3. The van der Waals surface area contributed by atoms with E-state index >= 15 is 0 Å². The maximum Gasteiger partial charge on any atom is 0.270 e. The van der Waals surface area contributed by atoms with Crippen LogP contribution in [0.3, 0.4) is 0 Å². The number of nitrogens with zero attached hydrogens (tertiary/aromatic N) is 1. The zero-order chi connectivity index (χ0) is 17.1. The van der Waals surface area contributed by atoms with Gasteiger partial charge in [0.1, 0.15) is 0 Å². The van der Waals surface area contributed by atoms with Crippen LogP contribution in [0.1, 0.15) is 5.56 Å². The fraction of sp³-hybridized carbons (Fsp3) is 0. The minimum Gasteiger partial charge on any atom is -0.268 e. The van der Waals surface area contributed by atoms with Gasteiger partial charge in [-0.05, 0) is 42.0 Å². The summed E-state index contributed by atoms with van der Waals surface area (Å²) in [6.07, 6.45) is 5.41. The van der Waals surface area contributed by atoms with Crippen LogP contribution in [0.4, 0.5) is 5.69 Å². The smallest absolute Gasteiger partial charge is 0.268 e. The number of rotatable bonds is 3. The lowest BCUT2D eigenvalue weighted by molar-refractivity contribution is -0.113. The lowest BCUT2D eigenvalue weighted by Gasteiger charge is -2.14. The van der Waals surface area contributed by atoms with Crippen LogP contribution in [-0.4, -0.2) is 10.2 Å². The highest BCUT2D eigenvalue weighted by Gasteiger charge is 2.32. The quantitative estimate of drug-likeness (QED) is 0.475. The third-order valence-electron chi connectivity index (χ3n) is 3.31. The van der Waals surface area contributed by atoms with E-state index in [-0.39, 0.29) is 5.91 Å². The molecule has 2 aromatic rings. The molecule has 0 atom stereocenters. The van der Waals surface area contributed by atoms with Gasteiger partial charge in [0, 0.05) is 10.0 Å². The average molecular weight is 392 g/mol. The third kappa shape index (κ3) is 3.73. The maximum absolute atomic E-state index is 12.6. The van der Waals surface area contributed by atoms with Gasteiger partial charge in [-0.15, -0.1) is 0 Å². The van der Waals surface area contributed by atoms with Crippen LogP contribution in [-0.2, 0) is 4.79 Å². The van der Waals surface area contributed by atoms with Gasteiger partial charge in [-0.2, -0.15) is 0 Å². The molecule has 1 saturated heterocycles. The fourth-order valence-corrected chi connectivity index (χ4v) is 3.72. The van der Waals surface area contributed by atoms with Crippen molar-refractivity contribution in [3.05, 3.63) is 81.2 Å². The van der Waals surface area contributed by atoms with Crippen molar-refractivity contribution in [2.75, 3.05) is 4.90 Å². The first kappa shape index (κ1) is 17.2. The number of anilines is 1. The molecule has 2 aromatic carbocycles. The number of hydrogen-bond donors (Lipinski definition) is 0. The van der Waals surface area contributed by atoms with Gasteiger partial charge in [0.25, 0.3) is 5.91 Å². The number of allylic oxidation sites excluding steroid dienone is 2. The molecule has 1 amide bonds. The first-order valence-corrected chi connectivity index (χ1v) is 8.99. The van der Waals surface area contributed by atoms with Crippen molar-refractivity contribution in [2.24, 2.45) is 0 Å². The monoisotopic (exact) mass is 391 g/mol. The second-order valence-electron chi connectivity index (χ2n) is 4.90. The van der Waals surface area contributed by atoms with E-state index in [2.05, 4.69) is 0 Å². The van der Waals surface area contributed by atoms with E-state index in [1.165, 1.54) is 16.7 Å². The number of amides is 1. The molecule has 0 spiro atoms. The van der Waals surface area contributed by atoms with Gasteiger partial charge in [0.05, 0.1) is 10.6 Å². The Kier molecular flexibility index (Phi) is 5.41. The summed E-state index contributed by atoms with van der Waals surface area (Å²) in [4.78, 5) is 14.6. The number of benzene rings is 2. The number of carbonyl (C=O) groups is 1. The molecule has 0 aliphatic carbocycles. The lowest BCUT2D eigenvalue weighted by Crippen LogP contribution is -2.27. The predicted molar refractivity (Wildman–Crippen MR) is 108 cm³/mol. The van der Waals surface area contributed by atoms with Crippen molar-refractivity contribution in [1.82, 2.24) is 0 Å². The Bertz CT molecular complexity index is 860. The van der Waals surface area contributed by atoms with Gasteiger partial charge in [-0.25, -0.2) is 0 Å². The second kappa shape index (κ2) is 7.53. The summed E-state index contributed by atoms with van der Waals surface area (Å²) in [5.74, 6) is -0.142. The fourth-order valence-electron chi connectivity index (χ4n) is 2.14. The van der Waals surface area contributed by atoms with Crippen molar-refractivity contribution in [2.45, 2.75) is 0 Å². The van der Waals surface area contributed by atoms with Crippen LogP contribution in [0, 0.1) is 0 Å². The molecule has 0 N–H and O–H groups in total. The van der Waals surface area contributed by atoms with E-state index in [0.29, 0.717) is 25.0 Å². The number of carbonyl (C=O) groups excluding carboxylic acids is 1. The van der Waals surface area contributed by atoms with Crippen LogP contribution in [0.15, 0.2) is 65.6 Å². The molecule has 1 fully saturated rings. The molecule has 2 nitrogen and oxygen atoms in total. The Morgan fingerprint density at radius 1 is 1.04 bits per heavy atom. The molecule has 0 bridgehead atoms. The summed E-state index contributed by atoms with van der Waals surface area (Å²) in [6.45, 7) is 0. The first-order chi connectivity index (χ1) is 11.6. The van der Waals surface area contributed by atoms with Crippen molar-refractivity contribution >= 4 is 69.2 Å². The molecule has 1 heterocycles. The summed E-state index contributed by atoms with van der Waals surface area (Å²) in [5, 5.41) is 1.28. The molecule has 0 saturated carbocycles. The van der Waals surface area contributed by atoms with Gasteiger partial charge in [0.15, 0.2) is 4.32 Å². The molecule has 0 aromatic heterocycles. The molecule has 0 radical (unpaired) electrons. The van der Waals surface area contributed by atoms with E-state index in [4.69, 9.17) is 35.4 Å². The van der Waals surface area contributed by atoms with Crippen LogP contribution in [0.25, 0.3) is 6.08 Å². The first-order valence-electron chi connectivity index (χ1n) is 7.01. The highest BCUT2D eigenvalue weighted by atomic mass is 35.5. The average Bonchev–Trinajstić information content (AvgIpc) is 2.84. The Hall–Kier alpha value is -1.59. The maximum atomic E-state index is 12.6. The number of hydrogen-bond acceptors (Lipinski definition) is 3. The number of thioether (sulfide) groups is 1.